The van der Waals surface area contributed by atoms with Crippen LogP contribution in [0.4, 0.5) is 0 Å². The number of carbonyl (C=O) groups excluding carboxylic acids is 1. The zero-order valence-corrected chi connectivity index (χ0v) is 18.6. The van der Waals surface area contributed by atoms with Crippen LogP contribution in [0.3, 0.4) is 0 Å². The first-order chi connectivity index (χ1) is 14.4. The fourth-order valence-corrected chi connectivity index (χ4v) is 5.26. The van der Waals surface area contributed by atoms with Gasteiger partial charge in [0.2, 0.25) is 15.9 Å². The van der Waals surface area contributed by atoms with Gasteiger partial charge in [0.05, 0.1) is 17.9 Å². The molecule has 1 atom stereocenters. The molecule has 1 aliphatic rings. The van der Waals surface area contributed by atoms with E-state index in [0.29, 0.717) is 31.0 Å². The van der Waals surface area contributed by atoms with E-state index in [0.717, 1.165) is 24.2 Å². The SMILES string of the molecule is COc1cccc(CCCNC(=O)[C@@H]2CCCN(S(=O)(=O)c3ccc(Cl)cc3)C2)c1. The Morgan fingerprint density at radius 2 is 2.00 bits per heavy atom. The highest BCUT2D eigenvalue weighted by molar-refractivity contribution is 7.89. The normalized spacial score (nSPS) is 17.5. The van der Waals surface area contributed by atoms with E-state index in [1.807, 2.05) is 24.3 Å². The highest BCUT2D eigenvalue weighted by atomic mass is 35.5. The van der Waals surface area contributed by atoms with E-state index < -0.39 is 10.0 Å². The molecule has 1 N–H and O–H groups in total. The van der Waals surface area contributed by atoms with Crippen molar-refractivity contribution in [3.8, 4) is 5.75 Å². The Labute approximate surface area is 183 Å². The molecule has 0 saturated carbocycles. The van der Waals surface area contributed by atoms with Gasteiger partial charge in [-0.2, -0.15) is 4.31 Å². The number of nitrogens with zero attached hydrogens (tertiary/aromatic N) is 1. The topological polar surface area (TPSA) is 75.7 Å². The van der Waals surface area contributed by atoms with Crippen molar-refractivity contribution in [2.75, 3.05) is 26.7 Å². The molecule has 0 bridgehead atoms. The van der Waals surface area contributed by atoms with Crippen molar-refractivity contribution in [2.45, 2.75) is 30.6 Å². The van der Waals surface area contributed by atoms with E-state index >= 15 is 0 Å². The summed E-state index contributed by atoms with van der Waals surface area (Å²) in [5.74, 6) is 0.398. The summed E-state index contributed by atoms with van der Waals surface area (Å²) < 4.78 is 32.4. The van der Waals surface area contributed by atoms with Crippen molar-refractivity contribution in [1.29, 1.82) is 0 Å². The van der Waals surface area contributed by atoms with Crippen LogP contribution in [0.1, 0.15) is 24.8 Å². The Morgan fingerprint density at radius 3 is 2.73 bits per heavy atom. The van der Waals surface area contributed by atoms with Gasteiger partial charge >= 0.3 is 0 Å². The number of methoxy groups -OCH3 is 1. The Morgan fingerprint density at radius 1 is 1.23 bits per heavy atom. The number of aryl methyl sites for hydroxylation is 1. The van der Waals surface area contributed by atoms with Crippen molar-refractivity contribution < 1.29 is 17.9 Å². The van der Waals surface area contributed by atoms with Crippen LogP contribution in [0.2, 0.25) is 5.02 Å². The predicted octanol–water partition coefficient (Wildman–Crippen LogP) is 3.50. The van der Waals surface area contributed by atoms with Crippen LogP contribution in [0.15, 0.2) is 53.4 Å². The van der Waals surface area contributed by atoms with Crippen LogP contribution < -0.4 is 10.1 Å². The lowest BCUT2D eigenvalue weighted by Gasteiger charge is -2.31. The van der Waals surface area contributed by atoms with Gasteiger partial charge in [-0.3, -0.25) is 4.79 Å². The Hall–Kier alpha value is -2.09. The van der Waals surface area contributed by atoms with Gasteiger partial charge < -0.3 is 10.1 Å². The molecule has 6 nitrogen and oxygen atoms in total. The number of benzene rings is 2. The van der Waals surface area contributed by atoms with E-state index in [4.69, 9.17) is 16.3 Å². The van der Waals surface area contributed by atoms with E-state index in [-0.39, 0.29) is 23.3 Å². The summed E-state index contributed by atoms with van der Waals surface area (Å²) in [4.78, 5) is 12.8. The van der Waals surface area contributed by atoms with Crippen LogP contribution in [-0.4, -0.2) is 45.4 Å². The Kier molecular flexibility index (Phi) is 7.75. The molecule has 0 aliphatic carbocycles. The Balaban J connectivity index is 1.50. The molecule has 0 aromatic heterocycles. The van der Waals surface area contributed by atoms with Gasteiger partial charge in [-0.15, -0.1) is 0 Å². The van der Waals surface area contributed by atoms with Crippen LogP contribution in [-0.2, 0) is 21.2 Å². The molecule has 1 heterocycles. The van der Waals surface area contributed by atoms with Crippen LogP contribution in [0.5, 0.6) is 5.75 Å². The molecule has 162 valence electrons. The average molecular weight is 451 g/mol. The molecule has 1 aliphatic heterocycles. The number of ether oxygens (including phenoxy) is 1. The molecule has 1 amide bonds. The molecular formula is C22H27ClN2O4S. The van der Waals surface area contributed by atoms with E-state index in [2.05, 4.69) is 5.32 Å². The summed E-state index contributed by atoms with van der Waals surface area (Å²) in [7, 11) is -1.99. The smallest absolute Gasteiger partial charge is 0.243 e. The van der Waals surface area contributed by atoms with Crippen molar-refractivity contribution >= 4 is 27.5 Å². The fourth-order valence-electron chi connectivity index (χ4n) is 3.61. The second kappa shape index (κ2) is 10.3. The minimum atomic E-state index is -3.63. The summed E-state index contributed by atoms with van der Waals surface area (Å²) in [6.45, 7) is 1.17. The lowest BCUT2D eigenvalue weighted by atomic mass is 9.99. The quantitative estimate of drug-likeness (QED) is 0.624. The third kappa shape index (κ3) is 5.74. The standard InChI is InChI=1S/C22H27ClN2O4S/c1-29-20-8-2-5-17(15-20)6-3-13-24-22(26)18-7-4-14-25(16-18)30(27,28)21-11-9-19(23)10-12-21/h2,5,8-12,15,18H,3-4,6-7,13-14,16H2,1H3,(H,24,26)/t18-/m1/s1. The van der Waals surface area contributed by atoms with Gasteiger partial charge in [-0.05, 0) is 67.6 Å². The largest absolute Gasteiger partial charge is 0.497 e. The zero-order chi connectivity index (χ0) is 21.6. The number of hydrogen-bond acceptors (Lipinski definition) is 4. The maximum absolute atomic E-state index is 12.9. The number of rotatable bonds is 8. The van der Waals surface area contributed by atoms with Gasteiger partial charge in [-0.25, -0.2) is 8.42 Å². The summed E-state index contributed by atoms with van der Waals surface area (Å²) in [5.41, 5.74) is 1.15. The molecular weight excluding hydrogens is 424 g/mol. The number of hydrogen-bond donors (Lipinski definition) is 1. The Bertz CT molecular complexity index is 963. The second-order valence-electron chi connectivity index (χ2n) is 7.40. The highest BCUT2D eigenvalue weighted by Crippen LogP contribution is 2.25. The van der Waals surface area contributed by atoms with Crippen molar-refractivity contribution in [3.63, 3.8) is 0 Å². The van der Waals surface area contributed by atoms with E-state index in [9.17, 15) is 13.2 Å². The molecule has 0 unspecified atom stereocenters. The minimum Gasteiger partial charge on any atom is -0.497 e. The summed E-state index contributed by atoms with van der Waals surface area (Å²) >= 11 is 5.86. The van der Waals surface area contributed by atoms with Crippen molar-refractivity contribution in [3.05, 3.63) is 59.1 Å². The molecule has 3 rings (SSSR count). The van der Waals surface area contributed by atoms with E-state index in [1.165, 1.54) is 16.4 Å². The molecule has 8 heteroatoms. The lowest BCUT2D eigenvalue weighted by Crippen LogP contribution is -2.45. The van der Waals surface area contributed by atoms with Crippen molar-refractivity contribution in [1.82, 2.24) is 9.62 Å². The zero-order valence-electron chi connectivity index (χ0n) is 17.0. The summed E-state index contributed by atoms with van der Waals surface area (Å²) in [5, 5.41) is 3.45. The minimum absolute atomic E-state index is 0.0864. The second-order valence-corrected chi connectivity index (χ2v) is 9.78. The lowest BCUT2D eigenvalue weighted by molar-refractivity contribution is -0.126. The van der Waals surface area contributed by atoms with Gasteiger partial charge in [0.15, 0.2) is 0 Å². The first kappa shape index (κ1) is 22.6. The monoisotopic (exact) mass is 450 g/mol. The molecule has 2 aromatic carbocycles. The highest BCUT2D eigenvalue weighted by Gasteiger charge is 2.33. The number of halogens is 1. The fraction of sp³-hybridized carbons (Fsp3) is 0.409. The van der Waals surface area contributed by atoms with Gasteiger partial charge in [0.1, 0.15) is 5.75 Å². The van der Waals surface area contributed by atoms with E-state index in [1.54, 1.807) is 19.2 Å². The summed E-state index contributed by atoms with van der Waals surface area (Å²) in [6, 6.07) is 14.0. The maximum atomic E-state index is 12.9. The first-order valence-electron chi connectivity index (χ1n) is 10.1. The predicted molar refractivity (Wildman–Crippen MR) is 117 cm³/mol. The van der Waals surface area contributed by atoms with Crippen molar-refractivity contribution in [2.24, 2.45) is 5.92 Å². The van der Waals surface area contributed by atoms with Crippen LogP contribution in [0.25, 0.3) is 0 Å². The number of sulfonamides is 1. The summed E-state index contributed by atoms with van der Waals surface area (Å²) in [6.07, 6.45) is 2.99. The average Bonchev–Trinajstić information content (AvgIpc) is 2.77. The number of carbonyl (C=O) groups is 1. The molecule has 1 fully saturated rings. The third-order valence-electron chi connectivity index (χ3n) is 5.28. The maximum Gasteiger partial charge on any atom is 0.243 e. The first-order valence-corrected chi connectivity index (χ1v) is 11.9. The van der Waals surface area contributed by atoms with Gasteiger partial charge in [0.25, 0.3) is 0 Å². The number of nitrogens with one attached hydrogen (secondary N) is 1. The molecule has 1 saturated heterocycles. The molecule has 0 radical (unpaired) electrons. The van der Waals surface area contributed by atoms with Crippen LogP contribution in [0, 0.1) is 5.92 Å². The van der Waals surface area contributed by atoms with Gasteiger partial charge in [0, 0.05) is 24.7 Å². The van der Waals surface area contributed by atoms with Crippen LogP contribution >= 0.6 is 11.6 Å². The molecule has 30 heavy (non-hydrogen) atoms. The molecule has 2 aromatic rings. The third-order valence-corrected chi connectivity index (χ3v) is 7.41. The number of piperidine rings is 1. The molecule has 0 spiro atoms. The number of amides is 1. The van der Waals surface area contributed by atoms with Gasteiger partial charge in [-0.1, -0.05) is 23.7 Å².